The van der Waals surface area contributed by atoms with Gasteiger partial charge in [-0.1, -0.05) is 55.5 Å². The van der Waals surface area contributed by atoms with E-state index in [4.69, 9.17) is 10.1 Å². The fourth-order valence-electron chi connectivity index (χ4n) is 3.32. The summed E-state index contributed by atoms with van der Waals surface area (Å²) in [7, 11) is 0. The van der Waals surface area contributed by atoms with Gasteiger partial charge in [0.2, 0.25) is 10.1 Å². The summed E-state index contributed by atoms with van der Waals surface area (Å²) in [6.07, 6.45) is 4.48. The molecular formula is C18H23N5S. The van der Waals surface area contributed by atoms with Crippen LogP contribution in [0.2, 0.25) is 0 Å². The SMILES string of the molecule is CC(C)NC1CCCN(c2nn3cc(-c4ccccc4)nc3s2)C1. The number of benzene rings is 1. The zero-order chi connectivity index (χ0) is 16.5. The number of fused-ring (bicyclic) bond motifs is 1. The van der Waals surface area contributed by atoms with Gasteiger partial charge in [0, 0.05) is 30.7 Å². The molecule has 1 aliphatic heterocycles. The summed E-state index contributed by atoms with van der Waals surface area (Å²) in [6, 6.07) is 11.3. The number of piperidine rings is 1. The highest BCUT2D eigenvalue weighted by Crippen LogP contribution is 2.28. The van der Waals surface area contributed by atoms with E-state index in [0.29, 0.717) is 12.1 Å². The lowest BCUT2D eigenvalue weighted by atomic mass is 10.1. The van der Waals surface area contributed by atoms with Crippen molar-refractivity contribution in [1.29, 1.82) is 0 Å². The van der Waals surface area contributed by atoms with E-state index in [2.05, 4.69) is 36.2 Å². The molecule has 0 saturated carbocycles. The first-order valence-electron chi connectivity index (χ1n) is 8.61. The maximum Gasteiger partial charge on any atom is 0.214 e. The summed E-state index contributed by atoms with van der Waals surface area (Å²) in [6.45, 7) is 6.53. The molecule has 1 unspecified atom stereocenters. The topological polar surface area (TPSA) is 45.5 Å². The average molecular weight is 341 g/mol. The van der Waals surface area contributed by atoms with Crippen molar-refractivity contribution in [3.63, 3.8) is 0 Å². The molecule has 3 heterocycles. The molecule has 126 valence electrons. The van der Waals surface area contributed by atoms with Crippen molar-refractivity contribution in [2.45, 2.75) is 38.8 Å². The summed E-state index contributed by atoms with van der Waals surface area (Å²) in [4.78, 5) is 8.10. The predicted molar refractivity (Wildman–Crippen MR) is 99.8 cm³/mol. The zero-order valence-electron chi connectivity index (χ0n) is 14.1. The molecule has 0 radical (unpaired) electrons. The van der Waals surface area contributed by atoms with Gasteiger partial charge in [-0.15, -0.1) is 5.10 Å². The number of aromatic nitrogens is 3. The van der Waals surface area contributed by atoms with Crippen LogP contribution < -0.4 is 10.2 Å². The van der Waals surface area contributed by atoms with Crippen molar-refractivity contribution < 1.29 is 0 Å². The van der Waals surface area contributed by atoms with Gasteiger partial charge >= 0.3 is 0 Å². The highest BCUT2D eigenvalue weighted by Gasteiger charge is 2.23. The van der Waals surface area contributed by atoms with Crippen LogP contribution >= 0.6 is 11.3 Å². The monoisotopic (exact) mass is 341 g/mol. The van der Waals surface area contributed by atoms with Gasteiger partial charge in [0.15, 0.2) is 0 Å². The fraction of sp³-hybridized carbons (Fsp3) is 0.444. The fourth-order valence-corrected chi connectivity index (χ4v) is 4.24. The van der Waals surface area contributed by atoms with Gasteiger partial charge < -0.3 is 10.2 Å². The van der Waals surface area contributed by atoms with E-state index < -0.39 is 0 Å². The Kier molecular flexibility index (Phi) is 4.24. The second-order valence-electron chi connectivity index (χ2n) is 6.71. The number of nitrogens with one attached hydrogen (secondary N) is 1. The molecule has 4 rings (SSSR count). The molecule has 24 heavy (non-hydrogen) atoms. The molecule has 1 aliphatic rings. The largest absolute Gasteiger partial charge is 0.345 e. The third-order valence-corrected chi connectivity index (χ3v) is 5.35. The second kappa shape index (κ2) is 6.53. The standard InChI is InChI=1S/C18H23N5S/c1-13(2)19-15-9-6-10-22(11-15)18-21-23-12-16(20-17(23)24-18)14-7-4-3-5-8-14/h3-5,7-8,12-13,15,19H,6,9-11H2,1-2H3. The molecular weight excluding hydrogens is 318 g/mol. The summed E-state index contributed by atoms with van der Waals surface area (Å²) < 4.78 is 1.92. The maximum absolute atomic E-state index is 4.77. The minimum Gasteiger partial charge on any atom is -0.345 e. The predicted octanol–water partition coefficient (Wildman–Crippen LogP) is 3.42. The van der Waals surface area contributed by atoms with E-state index in [-0.39, 0.29) is 0 Å². The molecule has 1 saturated heterocycles. The first kappa shape index (κ1) is 15.6. The number of nitrogens with zero attached hydrogens (tertiary/aromatic N) is 4. The molecule has 3 aromatic rings. The zero-order valence-corrected chi connectivity index (χ0v) is 15.0. The molecule has 6 heteroatoms. The van der Waals surface area contributed by atoms with Crippen LogP contribution in [-0.4, -0.2) is 39.8 Å². The van der Waals surface area contributed by atoms with Crippen LogP contribution in [0.15, 0.2) is 36.5 Å². The van der Waals surface area contributed by atoms with E-state index in [9.17, 15) is 0 Å². The van der Waals surface area contributed by atoms with Crippen molar-refractivity contribution in [2.24, 2.45) is 0 Å². The Morgan fingerprint density at radius 2 is 2.08 bits per heavy atom. The van der Waals surface area contributed by atoms with E-state index in [1.807, 2.05) is 28.9 Å². The number of hydrogen-bond acceptors (Lipinski definition) is 5. The molecule has 1 N–H and O–H groups in total. The Morgan fingerprint density at radius 3 is 2.83 bits per heavy atom. The average Bonchev–Trinajstić information content (AvgIpc) is 3.14. The first-order valence-corrected chi connectivity index (χ1v) is 9.43. The highest BCUT2D eigenvalue weighted by atomic mass is 32.1. The van der Waals surface area contributed by atoms with E-state index in [0.717, 1.165) is 34.4 Å². The lowest BCUT2D eigenvalue weighted by Crippen LogP contribution is -2.47. The Morgan fingerprint density at radius 1 is 1.25 bits per heavy atom. The van der Waals surface area contributed by atoms with Gasteiger partial charge in [-0.05, 0) is 12.8 Å². The smallest absolute Gasteiger partial charge is 0.214 e. The molecule has 2 aromatic heterocycles. The number of anilines is 1. The van der Waals surface area contributed by atoms with Crippen LogP contribution in [0.3, 0.4) is 0 Å². The van der Waals surface area contributed by atoms with Gasteiger partial charge in [0.1, 0.15) is 0 Å². The van der Waals surface area contributed by atoms with Gasteiger partial charge in [0.25, 0.3) is 0 Å². The molecule has 1 fully saturated rings. The van der Waals surface area contributed by atoms with E-state index in [1.54, 1.807) is 11.3 Å². The highest BCUT2D eigenvalue weighted by molar-refractivity contribution is 7.20. The number of imidazole rings is 1. The van der Waals surface area contributed by atoms with Crippen molar-refractivity contribution in [3.8, 4) is 11.3 Å². The Bertz CT molecular complexity index is 776. The van der Waals surface area contributed by atoms with Crippen LogP contribution in [0.25, 0.3) is 16.2 Å². The van der Waals surface area contributed by atoms with Crippen LogP contribution in [0, 0.1) is 0 Å². The Hall–Kier alpha value is -1.92. The third kappa shape index (κ3) is 3.16. The molecule has 5 nitrogen and oxygen atoms in total. The van der Waals surface area contributed by atoms with Gasteiger partial charge in [-0.2, -0.15) is 0 Å². The molecule has 1 atom stereocenters. The van der Waals surface area contributed by atoms with Crippen molar-refractivity contribution in [2.75, 3.05) is 18.0 Å². The first-order chi connectivity index (χ1) is 11.7. The normalized spacial score (nSPS) is 18.6. The van der Waals surface area contributed by atoms with Gasteiger partial charge in [0.05, 0.1) is 11.9 Å². The molecule has 0 spiro atoms. The lowest BCUT2D eigenvalue weighted by Gasteiger charge is -2.33. The van der Waals surface area contributed by atoms with E-state index in [1.165, 1.54) is 12.8 Å². The molecule has 1 aromatic carbocycles. The minimum absolute atomic E-state index is 0.525. The number of hydrogen-bond donors (Lipinski definition) is 1. The number of rotatable bonds is 4. The molecule has 0 aliphatic carbocycles. The van der Waals surface area contributed by atoms with E-state index >= 15 is 0 Å². The summed E-state index contributed by atoms with van der Waals surface area (Å²) in [5.41, 5.74) is 2.12. The van der Waals surface area contributed by atoms with Crippen molar-refractivity contribution >= 4 is 21.4 Å². The Balaban J connectivity index is 1.54. The van der Waals surface area contributed by atoms with Crippen LogP contribution in [-0.2, 0) is 0 Å². The van der Waals surface area contributed by atoms with Crippen LogP contribution in [0.1, 0.15) is 26.7 Å². The van der Waals surface area contributed by atoms with Gasteiger partial charge in [-0.3, -0.25) is 0 Å². The van der Waals surface area contributed by atoms with Crippen LogP contribution in [0.5, 0.6) is 0 Å². The maximum atomic E-state index is 4.77. The Labute approximate surface area is 146 Å². The summed E-state index contributed by atoms with van der Waals surface area (Å²) in [5, 5.41) is 9.50. The molecule has 0 amide bonds. The lowest BCUT2D eigenvalue weighted by molar-refractivity contribution is 0.394. The summed E-state index contributed by atoms with van der Waals surface area (Å²) >= 11 is 1.68. The summed E-state index contributed by atoms with van der Waals surface area (Å²) in [5.74, 6) is 0. The second-order valence-corrected chi connectivity index (χ2v) is 7.64. The minimum atomic E-state index is 0.525. The third-order valence-electron chi connectivity index (χ3n) is 4.36. The van der Waals surface area contributed by atoms with Crippen molar-refractivity contribution in [1.82, 2.24) is 19.9 Å². The van der Waals surface area contributed by atoms with Crippen molar-refractivity contribution in [3.05, 3.63) is 36.5 Å². The molecule has 0 bridgehead atoms. The van der Waals surface area contributed by atoms with Gasteiger partial charge in [-0.25, -0.2) is 9.50 Å². The quantitative estimate of drug-likeness (QED) is 0.790. The van der Waals surface area contributed by atoms with Crippen LogP contribution in [0.4, 0.5) is 5.13 Å².